The van der Waals surface area contributed by atoms with Crippen LogP contribution in [0, 0.1) is 4.64 Å². The maximum absolute atomic E-state index is 4.91. The summed E-state index contributed by atoms with van der Waals surface area (Å²) in [6, 6.07) is 0. The van der Waals surface area contributed by atoms with E-state index >= 15 is 0 Å². The fourth-order valence-electron chi connectivity index (χ4n) is 0.783. The van der Waals surface area contributed by atoms with Gasteiger partial charge in [0, 0.05) is 59.1 Å². The Labute approximate surface area is 118 Å². The average Bonchev–Trinajstić information content (AvgIpc) is 2.36. The average molecular weight is 198 g/mol. The Hall–Kier alpha value is 0.770. The molecule has 0 aromatic carbocycles. The van der Waals surface area contributed by atoms with Gasteiger partial charge < -0.3 is 9.97 Å². The van der Waals surface area contributed by atoms with Gasteiger partial charge in [-0.2, -0.15) is 0 Å². The summed E-state index contributed by atoms with van der Waals surface area (Å²) in [7, 11) is 0. The van der Waals surface area contributed by atoms with E-state index in [0.717, 1.165) is 11.2 Å². The molecule has 4 nitrogen and oxygen atoms in total. The topological polar surface area (TPSA) is 57.4 Å². The Kier molecular flexibility index (Phi) is 5.84. The van der Waals surface area contributed by atoms with E-state index < -0.39 is 0 Å². The van der Waals surface area contributed by atoms with Crippen molar-refractivity contribution in [3.63, 3.8) is 0 Å². The molecule has 2 aromatic heterocycles. The molecule has 0 aliphatic heterocycles. The molecule has 0 saturated heterocycles. The Morgan fingerprint density at radius 3 is 2.42 bits per heavy atom. The first-order chi connectivity index (χ1) is 4.88. The number of rotatable bonds is 0. The van der Waals surface area contributed by atoms with E-state index in [1.54, 1.807) is 6.33 Å². The van der Waals surface area contributed by atoms with E-state index in [-0.39, 0.29) is 59.1 Å². The van der Waals surface area contributed by atoms with Crippen LogP contribution in [0.1, 0.15) is 0 Å². The molecule has 2 rings (SSSR count). The van der Waals surface area contributed by atoms with Gasteiger partial charge in [-0.25, -0.2) is 9.97 Å². The molecule has 0 spiro atoms. The minimum Gasteiger partial charge on any atom is -0.341 e. The number of fused-ring (bicyclic) bond motifs is 1. The fraction of sp³-hybridized carbons (Fsp3) is 0. The predicted octanol–water partition coefficient (Wildman–Crippen LogP) is 0.254. The monoisotopic (exact) mass is 198 g/mol. The summed E-state index contributed by atoms with van der Waals surface area (Å²) in [4.78, 5) is 13.6. The summed E-state index contributed by atoms with van der Waals surface area (Å²) in [6.07, 6.45) is 3.12. The standard InChI is InChI=1S/C5H4N4S.2Na/c10-5-3-4(7-1-6-3)8-2-9-5;;/h1-2H,(H2,6,7,8,9,10);;. The summed E-state index contributed by atoms with van der Waals surface area (Å²) in [6.45, 7) is 0. The first kappa shape index (κ1) is 12.8. The van der Waals surface area contributed by atoms with Gasteiger partial charge >= 0.3 is 0 Å². The van der Waals surface area contributed by atoms with Crippen molar-refractivity contribution in [3.8, 4) is 0 Å². The van der Waals surface area contributed by atoms with Gasteiger partial charge in [-0.3, -0.25) is 0 Å². The van der Waals surface area contributed by atoms with E-state index in [1.165, 1.54) is 6.33 Å². The Morgan fingerprint density at radius 2 is 1.75 bits per heavy atom. The SMILES string of the molecule is S=c1nc[nH]c2nc[nH]c12.[Na].[Na]. The third-order valence-electron chi connectivity index (χ3n) is 1.24. The van der Waals surface area contributed by atoms with Crippen LogP contribution in [-0.2, 0) is 0 Å². The van der Waals surface area contributed by atoms with Gasteiger partial charge in [0.15, 0.2) is 10.3 Å². The maximum atomic E-state index is 4.91. The van der Waals surface area contributed by atoms with E-state index in [2.05, 4.69) is 19.9 Å². The summed E-state index contributed by atoms with van der Waals surface area (Å²) >= 11 is 4.91. The van der Waals surface area contributed by atoms with Crippen molar-refractivity contribution < 1.29 is 0 Å². The largest absolute Gasteiger partial charge is 0.341 e. The fourth-order valence-corrected chi connectivity index (χ4v) is 0.992. The second-order valence-corrected chi connectivity index (χ2v) is 2.22. The Morgan fingerprint density at radius 1 is 1.08 bits per heavy atom. The number of aromatic nitrogens is 4. The number of hydrogen-bond donors (Lipinski definition) is 2. The third-order valence-corrected chi connectivity index (χ3v) is 1.55. The van der Waals surface area contributed by atoms with E-state index in [4.69, 9.17) is 12.2 Å². The Balaban J connectivity index is 0.000000605. The molecule has 2 aromatic rings. The molecular formula is C5H4N4Na2S. The first-order valence-electron chi connectivity index (χ1n) is 2.75. The van der Waals surface area contributed by atoms with Crippen molar-refractivity contribution in [1.82, 2.24) is 19.9 Å². The van der Waals surface area contributed by atoms with Gasteiger partial charge in [0.25, 0.3) is 0 Å². The summed E-state index contributed by atoms with van der Waals surface area (Å²) in [5, 5.41) is 0. The Bertz CT molecular complexity index is 409. The number of aromatic amines is 2. The molecule has 2 heterocycles. The molecule has 0 aliphatic rings. The molecule has 52 valence electrons. The quantitative estimate of drug-likeness (QED) is 0.471. The number of nitrogens with zero attached hydrogens (tertiary/aromatic N) is 2. The summed E-state index contributed by atoms with van der Waals surface area (Å²) in [5.74, 6) is 0. The minimum atomic E-state index is 0. The van der Waals surface area contributed by atoms with E-state index in [9.17, 15) is 0 Å². The zero-order valence-corrected chi connectivity index (χ0v) is 11.8. The van der Waals surface area contributed by atoms with Crippen LogP contribution in [0.5, 0.6) is 0 Å². The first-order valence-corrected chi connectivity index (χ1v) is 3.15. The second kappa shape index (κ2) is 5.49. The van der Waals surface area contributed by atoms with Gasteiger partial charge in [0.2, 0.25) is 0 Å². The molecule has 2 radical (unpaired) electrons. The number of H-pyrrole nitrogens is 2. The number of hydrogen-bond acceptors (Lipinski definition) is 3. The van der Waals surface area contributed by atoms with Crippen molar-refractivity contribution in [2.24, 2.45) is 0 Å². The van der Waals surface area contributed by atoms with E-state index in [0.29, 0.717) is 4.64 Å². The third kappa shape index (κ3) is 2.38. The zero-order valence-electron chi connectivity index (χ0n) is 6.96. The van der Waals surface area contributed by atoms with Crippen molar-refractivity contribution in [2.75, 3.05) is 0 Å². The van der Waals surface area contributed by atoms with Crippen LogP contribution < -0.4 is 0 Å². The predicted molar refractivity (Wildman–Crippen MR) is 50.6 cm³/mol. The molecule has 7 heteroatoms. The van der Waals surface area contributed by atoms with Gasteiger partial charge in [0.1, 0.15) is 5.52 Å². The van der Waals surface area contributed by atoms with Crippen LogP contribution in [0.15, 0.2) is 12.7 Å². The molecule has 0 unspecified atom stereocenters. The second-order valence-electron chi connectivity index (χ2n) is 1.83. The number of imidazole rings is 1. The molecule has 0 fully saturated rings. The van der Waals surface area contributed by atoms with Gasteiger partial charge in [-0.1, -0.05) is 12.2 Å². The van der Waals surface area contributed by atoms with Crippen LogP contribution in [-0.4, -0.2) is 79.1 Å². The van der Waals surface area contributed by atoms with Crippen LogP contribution in [0.25, 0.3) is 11.2 Å². The maximum Gasteiger partial charge on any atom is 0.159 e. The molecule has 0 amide bonds. The minimum absolute atomic E-state index is 0. The summed E-state index contributed by atoms with van der Waals surface area (Å²) in [5.41, 5.74) is 1.54. The van der Waals surface area contributed by atoms with Crippen LogP contribution >= 0.6 is 12.2 Å². The van der Waals surface area contributed by atoms with Crippen LogP contribution in [0.2, 0.25) is 0 Å². The zero-order chi connectivity index (χ0) is 6.97. The molecule has 0 bridgehead atoms. The normalized spacial score (nSPS) is 8.67. The van der Waals surface area contributed by atoms with Crippen LogP contribution in [0.3, 0.4) is 0 Å². The van der Waals surface area contributed by atoms with E-state index in [1.807, 2.05) is 0 Å². The van der Waals surface area contributed by atoms with Crippen LogP contribution in [0.4, 0.5) is 0 Å². The van der Waals surface area contributed by atoms with Gasteiger partial charge in [-0.15, -0.1) is 0 Å². The molecule has 12 heavy (non-hydrogen) atoms. The molecule has 0 saturated carbocycles. The van der Waals surface area contributed by atoms with Crippen molar-refractivity contribution in [1.29, 1.82) is 0 Å². The molecule has 2 N–H and O–H groups in total. The van der Waals surface area contributed by atoms with Gasteiger partial charge in [-0.05, 0) is 0 Å². The summed E-state index contributed by atoms with van der Waals surface area (Å²) < 4.78 is 0.547. The number of nitrogens with one attached hydrogen (secondary N) is 2. The van der Waals surface area contributed by atoms with Gasteiger partial charge in [0.05, 0.1) is 12.7 Å². The molecular weight excluding hydrogens is 194 g/mol. The molecule has 0 atom stereocenters. The molecule has 0 aliphatic carbocycles. The van der Waals surface area contributed by atoms with Crippen molar-refractivity contribution >= 4 is 82.5 Å². The smallest absolute Gasteiger partial charge is 0.159 e. The van der Waals surface area contributed by atoms with Crippen molar-refractivity contribution in [2.45, 2.75) is 0 Å². The van der Waals surface area contributed by atoms with Crippen molar-refractivity contribution in [3.05, 3.63) is 17.3 Å².